The van der Waals surface area contributed by atoms with Crippen LogP contribution in [0.2, 0.25) is 0 Å². The second kappa shape index (κ2) is 4.14. The Morgan fingerprint density at radius 2 is 2.10 bits per heavy atom. The molecular weight excluding hydrogens is 246 g/mol. The van der Waals surface area contributed by atoms with Crippen LogP contribution in [0.1, 0.15) is 47.2 Å². The lowest BCUT2D eigenvalue weighted by molar-refractivity contribution is 0.418. The van der Waals surface area contributed by atoms with Gasteiger partial charge in [-0.15, -0.1) is 0 Å². The molecular formula is C17H15N3. The van der Waals surface area contributed by atoms with Gasteiger partial charge in [0.15, 0.2) is 0 Å². The normalized spacial score (nSPS) is 23.1. The van der Waals surface area contributed by atoms with E-state index in [4.69, 9.17) is 5.26 Å². The molecule has 4 rings (SSSR count). The van der Waals surface area contributed by atoms with Gasteiger partial charge in [0.1, 0.15) is 6.33 Å². The smallest absolute Gasteiger partial charge is 0.115 e. The van der Waals surface area contributed by atoms with Crippen LogP contribution in [0.15, 0.2) is 30.7 Å². The molecule has 2 aliphatic rings. The average Bonchev–Trinajstić information content (AvgIpc) is 2.87. The molecule has 98 valence electrons. The predicted molar refractivity (Wildman–Crippen MR) is 75.2 cm³/mol. The van der Waals surface area contributed by atoms with E-state index in [0.29, 0.717) is 0 Å². The van der Waals surface area contributed by atoms with Crippen LogP contribution in [-0.4, -0.2) is 9.97 Å². The molecule has 1 atom stereocenters. The highest BCUT2D eigenvalue weighted by molar-refractivity contribution is 5.52. The first-order valence-electron chi connectivity index (χ1n) is 7.16. The molecule has 0 amide bonds. The number of rotatable bonds is 0. The van der Waals surface area contributed by atoms with E-state index in [9.17, 15) is 0 Å². The molecule has 1 heterocycles. The Morgan fingerprint density at radius 1 is 1.15 bits per heavy atom. The summed E-state index contributed by atoms with van der Waals surface area (Å²) in [5, 5.41) is 9.06. The molecule has 20 heavy (non-hydrogen) atoms. The Balaban J connectivity index is 1.93. The van der Waals surface area contributed by atoms with E-state index in [1.54, 1.807) is 6.33 Å². The molecule has 0 radical (unpaired) electrons. The molecule has 1 aromatic heterocycles. The fourth-order valence-corrected chi connectivity index (χ4v) is 4.01. The highest BCUT2D eigenvalue weighted by Gasteiger charge is 2.43. The van der Waals surface area contributed by atoms with E-state index in [1.807, 2.05) is 12.3 Å². The van der Waals surface area contributed by atoms with Gasteiger partial charge in [0.05, 0.1) is 11.6 Å². The van der Waals surface area contributed by atoms with Gasteiger partial charge < -0.3 is 0 Å². The average molecular weight is 261 g/mol. The predicted octanol–water partition coefficient (Wildman–Crippen LogP) is 2.92. The lowest BCUT2D eigenvalue weighted by atomic mass is 9.68. The van der Waals surface area contributed by atoms with E-state index >= 15 is 0 Å². The molecule has 2 aliphatic carbocycles. The number of hydrogen-bond donors (Lipinski definition) is 0. The minimum atomic E-state index is 0.0954. The van der Waals surface area contributed by atoms with Crippen molar-refractivity contribution in [2.45, 2.75) is 37.5 Å². The van der Waals surface area contributed by atoms with Crippen molar-refractivity contribution in [2.24, 2.45) is 0 Å². The lowest BCUT2D eigenvalue weighted by Crippen LogP contribution is -2.30. The van der Waals surface area contributed by atoms with E-state index < -0.39 is 0 Å². The number of nitrogens with zero attached hydrogens (tertiary/aromatic N) is 3. The molecule has 3 heteroatoms. The third-order valence-electron chi connectivity index (χ3n) is 4.90. The zero-order valence-corrected chi connectivity index (χ0v) is 11.3. The molecule has 0 aliphatic heterocycles. The van der Waals surface area contributed by atoms with Gasteiger partial charge in [0.2, 0.25) is 0 Å². The first kappa shape index (κ1) is 11.6. The summed E-state index contributed by atoms with van der Waals surface area (Å²) in [4.78, 5) is 8.74. The fraction of sp³-hybridized carbons (Fsp3) is 0.353. The Morgan fingerprint density at radius 3 is 3.00 bits per heavy atom. The van der Waals surface area contributed by atoms with Crippen molar-refractivity contribution in [1.82, 2.24) is 9.97 Å². The van der Waals surface area contributed by atoms with Crippen LogP contribution >= 0.6 is 0 Å². The van der Waals surface area contributed by atoms with Crippen LogP contribution in [0.5, 0.6) is 0 Å². The third kappa shape index (κ3) is 1.45. The topological polar surface area (TPSA) is 49.6 Å². The van der Waals surface area contributed by atoms with Crippen molar-refractivity contribution < 1.29 is 0 Å². The summed E-state index contributed by atoms with van der Waals surface area (Å²) in [6.45, 7) is 0. The van der Waals surface area contributed by atoms with Crippen molar-refractivity contribution in [1.29, 1.82) is 5.26 Å². The van der Waals surface area contributed by atoms with Crippen molar-refractivity contribution in [3.8, 4) is 6.07 Å². The summed E-state index contributed by atoms with van der Waals surface area (Å²) in [6.07, 6.45) is 9.26. The number of aryl methyl sites for hydroxylation is 2. The van der Waals surface area contributed by atoms with Gasteiger partial charge in [0.25, 0.3) is 0 Å². The Labute approximate surface area is 118 Å². The molecule has 0 saturated carbocycles. The first-order valence-corrected chi connectivity index (χ1v) is 7.16. The van der Waals surface area contributed by atoms with Crippen LogP contribution in [-0.2, 0) is 18.3 Å². The molecule has 0 fully saturated rings. The Hall–Kier alpha value is -2.21. The van der Waals surface area contributed by atoms with Gasteiger partial charge in [-0.05, 0) is 55.4 Å². The SMILES string of the molecule is N#Cc1ccc2c(c1)CCC21CCCc2ncncc21. The third-order valence-corrected chi connectivity index (χ3v) is 4.90. The number of nitriles is 1. The summed E-state index contributed by atoms with van der Waals surface area (Å²) >= 11 is 0. The van der Waals surface area contributed by atoms with Gasteiger partial charge in [-0.25, -0.2) is 9.97 Å². The van der Waals surface area contributed by atoms with Gasteiger partial charge in [-0.1, -0.05) is 6.07 Å². The van der Waals surface area contributed by atoms with Gasteiger partial charge >= 0.3 is 0 Å². The second-order valence-corrected chi connectivity index (χ2v) is 5.80. The van der Waals surface area contributed by atoms with E-state index in [1.165, 1.54) is 35.2 Å². The van der Waals surface area contributed by atoms with Crippen LogP contribution in [0.4, 0.5) is 0 Å². The number of fused-ring (bicyclic) bond motifs is 4. The summed E-state index contributed by atoms with van der Waals surface area (Å²) in [7, 11) is 0. The molecule has 0 bridgehead atoms. The van der Waals surface area contributed by atoms with Gasteiger partial charge in [-0.2, -0.15) is 5.26 Å². The van der Waals surface area contributed by atoms with Crippen LogP contribution < -0.4 is 0 Å². The summed E-state index contributed by atoms with van der Waals surface area (Å²) in [6, 6.07) is 8.40. The van der Waals surface area contributed by atoms with E-state index in [2.05, 4.69) is 28.2 Å². The van der Waals surface area contributed by atoms with Crippen molar-refractivity contribution in [3.63, 3.8) is 0 Å². The first-order chi connectivity index (χ1) is 9.83. The number of aromatic nitrogens is 2. The minimum absolute atomic E-state index is 0.0954. The second-order valence-electron chi connectivity index (χ2n) is 5.80. The summed E-state index contributed by atoms with van der Waals surface area (Å²) in [5.74, 6) is 0. The Bertz CT molecular complexity index is 729. The Kier molecular flexibility index (Phi) is 2.40. The van der Waals surface area contributed by atoms with Crippen LogP contribution in [0, 0.1) is 11.3 Å². The number of hydrogen-bond acceptors (Lipinski definition) is 3. The molecule has 2 aromatic rings. The van der Waals surface area contributed by atoms with E-state index in [0.717, 1.165) is 24.8 Å². The lowest BCUT2D eigenvalue weighted by Gasteiger charge is -2.35. The molecule has 1 spiro atoms. The highest BCUT2D eigenvalue weighted by Crippen LogP contribution is 2.50. The highest BCUT2D eigenvalue weighted by atomic mass is 14.8. The number of benzene rings is 1. The molecule has 1 aromatic carbocycles. The van der Waals surface area contributed by atoms with Crippen LogP contribution in [0.3, 0.4) is 0 Å². The molecule has 0 N–H and O–H groups in total. The van der Waals surface area contributed by atoms with Gasteiger partial charge in [-0.3, -0.25) is 0 Å². The van der Waals surface area contributed by atoms with Crippen LogP contribution in [0.25, 0.3) is 0 Å². The molecule has 1 unspecified atom stereocenters. The fourth-order valence-electron chi connectivity index (χ4n) is 4.01. The zero-order chi connectivity index (χ0) is 13.6. The molecule has 3 nitrogen and oxygen atoms in total. The largest absolute Gasteiger partial charge is 0.244 e. The maximum absolute atomic E-state index is 9.06. The maximum atomic E-state index is 9.06. The summed E-state index contributed by atoms with van der Waals surface area (Å²) < 4.78 is 0. The summed E-state index contributed by atoms with van der Waals surface area (Å²) in [5.41, 5.74) is 6.12. The van der Waals surface area contributed by atoms with Gasteiger partial charge in [0, 0.05) is 22.9 Å². The maximum Gasteiger partial charge on any atom is 0.115 e. The van der Waals surface area contributed by atoms with Crippen molar-refractivity contribution in [3.05, 3.63) is 58.7 Å². The quantitative estimate of drug-likeness (QED) is 0.732. The van der Waals surface area contributed by atoms with Crippen molar-refractivity contribution in [2.75, 3.05) is 0 Å². The molecule has 0 saturated heterocycles. The standard InChI is InChI=1S/C17H15N3/c18-9-12-3-4-14-13(8-12)5-7-17(14)6-1-2-16-15(17)10-19-11-20-16/h3-4,8,10-11H,1-2,5-7H2. The minimum Gasteiger partial charge on any atom is -0.244 e. The monoisotopic (exact) mass is 261 g/mol. The van der Waals surface area contributed by atoms with E-state index in [-0.39, 0.29) is 5.41 Å². The van der Waals surface area contributed by atoms with Crippen molar-refractivity contribution >= 4 is 0 Å². The zero-order valence-electron chi connectivity index (χ0n) is 11.3.